The number of ether oxygens (including phenoxy) is 1. The maximum absolute atomic E-state index is 11.4. The van der Waals surface area contributed by atoms with Gasteiger partial charge in [-0.25, -0.2) is 4.79 Å². The number of nitro benzene ring substituents is 1. The molecule has 1 rings (SSSR count). The largest absolute Gasteiger partial charge is 0.465 e. The fourth-order valence-electron chi connectivity index (χ4n) is 1.66. The predicted octanol–water partition coefficient (Wildman–Crippen LogP) is 2.60. The molecular formula is C14H16N2O4. The number of anilines is 1. The lowest BCUT2D eigenvalue weighted by molar-refractivity contribution is -0.384. The molecule has 6 heteroatoms. The van der Waals surface area contributed by atoms with Gasteiger partial charge < -0.3 is 10.1 Å². The van der Waals surface area contributed by atoms with Crippen molar-refractivity contribution < 1.29 is 14.5 Å². The number of carbonyl (C=O) groups is 1. The van der Waals surface area contributed by atoms with Crippen molar-refractivity contribution >= 4 is 17.3 Å². The van der Waals surface area contributed by atoms with Crippen molar-refractivity contribution in [3.05, 3.63) is 33.9 Å². The molecule has 1 N–H and O–H groups in total. The number of terminal acetylenes is 1. The molecule has 0 atom stereocenters. The summed E-state index contributed by atoms with van der Waals surface area (Å²) < 4.78 is 4.59. The molecule has 0 fully saturated rings. The summed E-state index contributed by atoms with van der Waals surface area (Å²) in [7, 11) is 1.26. The van der Waals surface area contributed by atoms with Crippen LogP contribution in [0.15, 0.2) is 18.2 Å². The van der Waals surface area contributed by atoms with Crippen molar-refractivity contribution in [2.24, 2.45) is 0 Å². The van der Waals surface area contributed by atoms with Gasteiger partial charge in [0.2, 0.25) is 0 Å². The molecule has 0 saturated carbocycles. The van der Waals surface area contributed by atoms with Gasteiger partial charge in [-0.2, -0.15) is 0 Å². The molecule has 0 amide bonds. The molecule has 20 heavy (non-hydrogen) atoms. The van der Waals surface area contributed by atoms with Crippen LogP contribution in [0.25, 0.3) is 0 Å². The van der Waals surface area contributed by atoms with Gasteiger partial charge in [-0.15, -0.1) is 12.3 Å². The van der Waals surface area contributed by atoms with Crippen LogP contribution in [0, 0.1) is 22.5 Å². The van der Waals surface area contributed by atoms with E-state index in [1.807, 2.05) is 0 Å². The number of nitrogens with zero attached hydrogens (tertiary/aromatic N) is 1. The number of esters is 1. The first-order valence-electron chi connectivity index (χ1n) is 6.14. The lowest BCUT2D eigenvalue weighted by atomic mass is 10.1. The molecule has 0 aliphatic rings. The maximum Gasteiger partial charge on any atom is 0.337 e. The van der Waals surface area contributed by atoms with Crippen LogP contribution in [0.4, 0.5) is 11.4 Å². The second kappa shape index (κ2) is 7.79. The minimum absolute atomic E-state index is 0.0744. The Labute approximate surface area is 117 Å². The first kappa shape index (κ1) is 15.5. The van der Waals surface area contributed by atoms with Crippen molar-refractivity contribution in [3.63, 3.8) is 0 Å². The van der Waals surface area contributed by atoms with Gasteiger partial charge in [0.25, 0.3) is 5.69 Å². The molecule has 0 aliphatic heterocycles. The summed E-state index contributed by atoms with van der Waals surface area (Å²) in [6.07, 6.45) is 7.45. The van der Waals surface area contributed by atoms with E-state index in [4.69, 9.17) is 6.42 Å². The van der Waals surface area contributed by atoms with Crippen molar-refractivity contribution in [1.29, 1.82) is 0 Å². The Morgan fingerprint density at radius 3 is 2.85 bits per heavy atom. The Morgan fingerprint density at radius 1 is 1.50 bits per heavy atom. The molecule has 0 unspecified atom stereocenters. The van der Waals surface area contributed by atoms with Crippen LogP contribution in [-0.4, -0.2) is 24.5 Å². The highest BCUT2D eigenvalue weighted by Crippen LogP contribution is 2.25. The fraction of sp³-hybridized carbons (Fsp3) is 0.357. The van der Waals surface area contributed by atoms with E-state index in [1.165, 1.54) is 25.3 Å². The Hall–Kier alpha value is -2.55. The van der Waals surface area contributed by atoms with Gasteiger partial charge in [-0.3, -0.25) is 10.1 Å². The van der Waals surface area contributed by atoms with Gasteiger partial charge in [-0.1, -0.05) is 0 Å². The zero-order chi connectivity index (χ0) is 15.0. The summed E-state index contributed by atoms with van der Waals surface area (Å²) in [5.74, 6) is 2.00. The third-order valence-corrected chi connectivity index (χ3v) is 2.68. The van der Waals surface area contributed by atoms with E-state index in [-0.39, 0.29) is 11.3 Å². The Kier molecular flexibility index (Phi) is 6.04. The number of nitrogens with one attached hydrogen (secondary N) is 1. The average molecular weight is 276 g/mol. The highest BCUT2D eigenvalue weighted by atomic mass is 16.6. The number of unbranched alkanes of at least 4 members (excludes halogenated alkanes) is 2. The topological polar surface area (TPSA) is 81.5 Å². The number of hydrogen-bond acceptors (Lipinski definition) is 5. The molecule has 106 valence electrons. The second-order valence-corrected chi connectivity index (χ2v) is 4.07. The molecule has 6 nitrogen and oxygen atoms in total. The Balaban J connectivity index is 2.81. The molecule has 0 saturated heterocycles. The summed E-state index contributed by atoms with van der Waals surface area (Å²) in [6.45, 7) is 0.549. The molecule has 0 bridgehead atoms. The van der Waals surface area contributed by atoms with Crippen LogP contribution in [-0.2, 0) is 4.74 Å². The lowest BCUT2D eigenvalue weighted by Gasteiger charge is -2.08. The molecule has 0 aromatic heterocycles. The second-order valence-electron chi connectivity index (χ2n) is 4.07. The molecule has 0 radical (unpaired) electrons. The Morgan fingerprint density at radius 2 is 2.25 bits per heavy atom. The van der Waals surface area contributed by atoms with E-state index in [9.17, 15) is 14.9 Å². The van der Waals surface area contributed by atoms with Gasteiger partial charge in [0.1, 0.15) is 5.69 Å². The summed E-state index contributed by atoms with van der Waals surface area (Å²) >= 11 is 0. The lowest BCUT2D eigenvalue weighted by Crippen LogP contribution is -2.07. The van der Waals surface area contributed by atoms with Crippen LogP contribution in [0.3, 0.4) is 0 Å². The van der Waals surface area contributed by atoms with E-state index < -0.39 is 10.9 Å². The van der Waals surface area contributed by atoms with E-state index in [0.29, 0.717) is 18.7 Å². The minimum Gasteiger partial charge on any atom is -0.465 e. The summed E-state index contributed by atoms with van der Waals surface area (Å²) in [5, 5.41) is 13.9. The number of benzene rings is 1. The van der Waals surface area contributed by atoms with E-state index in [1.54, 1.807) is 0 Å². The van der Waals surface area contributed by atoms with E-state index in [0.717, 1.165) is 12.8 Å². The zero-order valence-electron chi connectivity index (χ0n) is 11.2. The molecule has 0 aliphatic carbocycles. The predicted molar refractivity (Wildman–Crippen MR) is 75.6 cm³/mol. The normalized spacial score (nSPS) is 9.60. The quantitative estimate of drug-likeness (QED) is 0.272. The van der Waals surface area contributed by atoms with E-state index >= 15 is 0 Å². The summed E-state index contributed by atoms with van der Waals surface area (Å²) in [4.78, 5) is 21.9. The zero-order valence-corrected chi connectivity index (χ0v) is 11.2. The molecule has 1 aromatic carbocycles. The SMILES string of the molecule is C#CCCCCNc1cc(C(=O)OC)ccc1[N+](=O)[O-]. The van der Waals surface area contributed by atoms with Crippen LogP contribution in [0.1, 0.15) is 29.6 Å². The van der Waals surface area contributed by atoms with Gasteiger partial charge in [0, 0.05) is 19.0 Å². The van der Waals surface area contributed by atoms with Gasteiger partial charge in [-0.05, 0) is 25.0 Å². The van der Waals surface area contributed by atoms with Gasteiger partial charge in [0.15, 0.2) is 0 Å². The number of rotatable bonds is 7. The minimum atomic E-state index is -0.532. The fourth-order valence-corrected chi connectivity index (χ4v) is 1.66. The van der Waals surface area contributed by atoms with Crippen molar-refractivity contribution in [1.82, 2.24) is 0 Å². The first-order chi connectivity index (χ1) is 9.60. The standard InChI is InChI=1S/C14H16N2O4/c1-3-4-5-6-9-15-12-10-11(14(17)20-2)7-8-13(12)16(18)19/h1,7-8,10,15H,4-6,9H2,2H3. The summed E-state index contributed by atoms with van der Waals surface area (Å²) in [6, 6.07) is 4.08. The van der Waals surface area contributed by atoms with Gasteiger partial charge >= 0.3 is 5.97 Å². The average Bonchev–Trinajstić information content (AvgIpc) is 2.45. The van der Waals surface area contributed by atoms with Crippen molar-refractivity contribution in [2.75, 3.05) is 19.0 Å². The first-order valence-corrected chi connectivity index (χ1v) is 6.14. The number of carbonyl (C=O) groups excluding carboxylic acids is 1. The number of methoxy groups -OCH3 is 1. The van der Waals surface area contributed by atoms with Crippen molar-refractivity contribution in [3.8, 4) is 12.3 Å². The smallest absolute Gasteiger partial charge is 0.337 e. The molecular weight excluding hydrogens is 260 g/mol. The van der Waals surface area contributed by atoms with Crippen LogP contribution in [0.2, 0.25) is 0 Å². The van der Waals surface area contributed by atoms with Gasteiger partial charge in [0.05, 0.1) is 17.6 Å². The highest BCUT2D eigenvalue weighted by molar-refractivity contribution is 5.91. The number of hydrogen-bond donors (Lipinski definition) is 1. The monoisotopic (exact) mass is 276 g/mol. The summed E-state index contributed by atoms with van der Waals surface area (Å²) in [5.41, 5.74) is 0.498. The van der Waals surface area contributed by atoms with Crippen LogP contribution in [0.5, 0.6) is 0 Å². The third kappa shape index (κ3) is 4.28. The van der Waals surface area contributed by atoms with E-state index in [2.05, 4.69) is 16.0 Å². The molecule has 0 spiro atoms. The van der Waals surface area contributed by atoms with Crippen molar-refractivity contribution in [2.45, 2.75) is 19.3 Å². The molecule has 0 heterocycles. The number of nitro groups is 1. The third-order valence-electron chi connectivity index (χ3n) is 2.68. The van der Waals surface area contributed by atoms with Crippen LogP contribution < -0.4 is 5.32 Å². The van der Waals surface area contributed by atoms with Crippen LogP contribution >= 0.6 is 0 Å². The highest BCUT2D eigenvalue weighted by Gasteiger charge is 2.16. The Bertz CT molecular complexity index is 534. The molecule has 1 aromatic rings. The maximum atomic E-state index is 11.4.